The second-order valence-electron chi connectivity index (χ2n) is 5.88. The maximum atomic E-state index is 12.6. The molecule has 0 bridgehead atoms. The Morgan fingerprint density at radius 3 is 1.96 bits per heavy atom. The molecule has 25 heavy (non-hydrogen) atoms. The third-order valence-electron chi connectivity index (χ3n) is 3.93. The number of hydrogen-bond donors (Lipinski definition) is 0. The van der Waals surface area contributed by atoms with Gasteiger partial charge in [0.2, 0.25) is 0 Å². The average molecular weight is 369 g/mol. The fourth-order valence-corrected chi connectivity index (χ4v) is 5.06. The molecular weight excluding hydrogens is 348 g/mol. The van der Waals surface area contributed by atoms with Gasteiger partial charge in [0.25, 0.3) is 0 Å². The van der Waals surface area contributed by atoms with Crippen molar-refractivity contribution in [2.45, 2.75) is 28.2 Å². The largest absolute Gasteiger partial charge is 0.254 e. The van der Waals surface area contributed by atoms with Gasteiger partial charge in [0.05, 0.1) is 33.1 Å². The molecule has 3 aromatic carbocycles. The topological polar surface area (TPSA) is 34.1 Å². The van der Waals surface area contributed by atoms with Crippen LogP contribution < -0.4 is 0 Å². The van der Waals surface area contributed by atoms with Crippen LogP contribution >= 0.6 is 0 Å². The minimum Gasteiger partial charge on any atom is -0.254 e. The van der Waals surface area contributed by atoms with Crippen LogP contribution in [0.3, 0.4) is 0 Å². The van der Waals surface area contributed by atoms with Crippen LogP contribution in [0, 0.1) is 6.92 Å². The first-order valence-electron chi connectivity index (χ1n) is 8.09. The highest BCUT2D eigenvalue weighted by Crippen LogP contribution is 2.18. The van der Waals surface area contributed by atoms with E-state index in [4.69, 9.17) is 0 Å². The van der Waals surface area contributed by atoms with Gasteiger partial charge in [0.15, 0.2) is 0 Å². The Hall–Kier alpha value is -2.04. The molecule has 128 valence electrons. The highest BCUT2D eigenvalue weighted by atomic mass is 32.2. The van der Waals surface area contributed by atoms with Crippen LogP contribution in [0.5, 0.6) is 0 Å². The van der Waals surface area contributed by atoms with Crippen molar-refractivity contribution in [3.05, 3.63) is 95.6 Å². The van der Waals surface area contributed by atoms with E-state index >= 15 is 0 Å². The first-order chi connectivity index (χ1) is 12.1. The van der Waals surface area contributed by atoms with E-state index in [2.05, 4.69) is 0 Å². The number of rotatable bonds is 6. The highest BCUT2D eigenvalue weighted by molar-refractivity contribution is 7.84. The summed E-state index contributed by atoms with van der Waals surface area (Å²) in [5.41, 5.74) is 3.05. The van der Waals surface area contributed by atoms with E-state index in [1.54, 1.807) is 0 Å². The van der Waals surface area contributed by atoms with Crippen LogP contribution in [0.1, 0.15) is 16.7 Å². The zero-order valence-electron chi connectivity index (χ0n) is 14.1. The Labute approximate surface area is 153 Å². The van der Waals surface area contributed by atoms with Gasteiger partial charge in [-0.2, -0.15) is 0 Å². The Morgan fingerprint density at radius 1 is 0.680 bits per heavy atom. The van der Waals surface area contributed by atoms with E-state index in [0.29, 0.717) is 11.5 Å². The Balaban J connectivity index is 1.72. The lowest BCUT2D eigenvalue weighted by atomic mass is 10.2. The predicted molar refractivity (Wildman–Crippen MR) is 104 cm³/mol. The SMILES string of the molecule is Cc1ccccc1S(=O)Cc1cccc(CS(=O)c2ccccc2)c1. The smallest absolute Gasteiger partial charge is 0.0576 e. The summed E-state index contributed by atoms with van der Waals surface area (Å²) in [6, 6.07) is 25.2. The maximum absolute atomic E-state index is 12.6. The molecule has 0 saturated carbocycles. The van der Waals surface area contributed by atoms with Crippen molar-refractivity contribution >= 4 is 21.6 Å². The summed E-state index contributed by atoms with van der Waals surface area (Å²) in [5.74, 6) is 0.936. The summed E-state index contributed by atoms with van der Waals surface area (Å²) >= 11 is 0. The van der Waals surface area contributed by atoms with E-state index in [0.717, 1.165) is 26.5 Å². The molecule has 4 heteroatoms. The predicted octanol–water partition coefficient (Wildman–Crippen LogP) is 4.61. The second kappa shape index (κ2) is 8.37. The fourth-order valence-electron chi connectivity index (χ4n) is 2.66. The Kier molecular flexibility index (Phi) is 5.95. The summed E-state index contributed by atoms with van der Waals surface area (Å²) in [6.07, 6.45) is 0. The third-order valence-corrected chi connectivity index (χ3v) is 6.87. The fraction of sp³-hybridized carbons (Fsp3) is 0.143. The maximum Gasteiger partial charge on any atom is 0.0576 e. The number of benzene rings is 3. The average Bonchev–Trinajstić information content (AvgIpc) is 2.63. The van der Waals surface area contributed by atoms with Crippen molar-refractivity contribution < 1.29 is 8.42 Å². The summed E-state index contributed by atoms with van der Waals surface area (Å²) in [5, 5.41) is 0. The molecule has 0 aliphatic rings. The lowest BCUT2D eigenvalue weighted by molar-refractivity contribution is 0.682. The summed E-state index contributed by atoms with van der Waals surface area (Å²) in [7, 11) is -2.15. The second-order valence-corrected chi connectivity index (χ2v) is 8.75. The monoisotopic (exact) mass is 368 g/mol. The molecule has 0 aliphatic heterocycles. The van der Waals surface area contributed by atoms with Crippen molar-refractivity contribution in [3.8, 4) is 0 Å². The lowest BCUT2D eigenvalue weighted by Gasteiger charge is -2.08. The van der Waals surface area contributed by atoms with Crippen molar-refractivity contribution in [2.75, 3.05) is 0 Å². The molecule has 3 rings (SSSR count). The Bertz CT molecular complexity index is 905. The van der Waals surface area contributed by atoms with Gasteiger partial charge in [-0.25, -0.2) is 0 Å². The molecule has 0 spiro atoms. The van der Waals surface area contributed by atoms with E-state index in [1.165, 1.54) is 0 Å². The molecule has 3 aromatic rings. The van der Waals surface area contributed by atoms with Crippen LogP contribution in [0.2, 0.25) is 0 Å². The standard InChI is InChI=1S/C21H20O2S2/c1-17-8-5-6-13-21(17)25(23)16-19-10-7-9-18(14-19)15-24(22)20-11-3-2-4-12-20/h2-14H,15-16H2,1H3. The van der Waals surface area contributed by atoms with Gasteiger partial charge in [0, 0.05) is 9.79 Å². The molecule has 0 aromatic heterocycles. The van der Waals surface area contributed by atoms with Crippen molar-refractivity contribution in [2.24, 2.45) is 0 Å². The number of aryl methyl sites for hydroxylation is 1. The van der Waals surface area contributed by atoms with Crippen LogP contribution in [-0.4, -0.2) is 8.42 Å². The van der Waals surface area contributed by atoms with Crippen molar-refractivity contribution in [1.29, 1.82) is 0 Å². The Morgan fingerprint density at radius 2 is 1.28 bits per heavy atom. The van der Waals surface area contributed by atoms with Crippen molar-refractivity contribution in [3.63, 3.8) is 0 Å². The van der Waals surface area contributed by atoms with E-state index in [1.807, 2.05) is 85.8 Å². The van der Waals surface area contributed by atoms with Gasteiger partial charge in [-0.3, -0.25) is 8.42 Å². The molecular formula is C21H20O2S2. The van der Waals surface area contributed by atoms with E-state index < -0.39 is 21.6 Å². The summed E-state index contributed by atoms with van der Waals surface area (Å²) in [4.78, 5) is 1.71. The van der Waals surface area contributed by atoms with Crippen LogP contribution in [0.4, 0.5) is 0 Å². The van der Waals surface area contributed by atoms with Gasteiger partial charge in [-0.1, -0.05) is 60.7 Å². The van der Waals surface area contributed by atoms with Gasteiger partial charge in [-0.15, -0.1) is 0 Å². The molecule has 2 atom stereocenters. The quantitative estimate of drug-likeness (QED) is 0.637. The molecule has 2 unspecified atom stereocenters. The highest BCUT2D eigenvalue weighted by Gasteiger charge is 2.09. The van der Waals surface area contributed by atoms with E-state index in [-0.39, 0.29) is 0 Å². The number of hydrogen-bond acceptors (Lipinski definition) is 2. The molecule has 0 amide bonds. The summed E-state index contributed by atoms with van der Waals surface area (Å²) in [6.45, 7) is 1.98. The molecule has 0 aliphatic carbocycles. The lowest BCUT2D eigenvalue weighted by Crippen LogP contribution is -2.01. The van der Waals surface area contributed by atoms with E-state index in [9.17, 15) is 8.42 Å². The third kappa shape index (κ3) is 4.74. The van der Waals surface area contributed by atoms with Gasteiger partial charge >= 0.3 is 0 Å². The van der Waals surface area contributed by atoms with Gasteiger partial charge < -0.3 is 0 Å². The summed E-state index contributed by atoms with van der Waals surface area (Å²) < 4.78 is 25.1. The van der Waals surface area contributed by atoms with Crippen LogP contribution in [0.15, 0.2) is 88.7 Å². The zero-order chi connectivity index (χ0) is 17.6. The van der Waals surface area contributed by atoms with Crippen molar-refractivity contribution in [1.82, 2.24) is 0 Å². The molecule has 2 nitrogen and oxygen atoms in total. The zero-order valence-corrected chi connectivity index (χ0v) is 15.7. The van der Waals surface area contributed by atoms with Crippen LogP contribution in [-0.2, 0) is 33.1 Å². The first kappa shape index (κ1) is 17.8. The first-order valence-corrected chi connectivity index (χ1v) is 10.7. The normalized spacial score (nSPS) is 13.3. The molecule has 0 N–H and O–H groups in total. The molecule has 0 radical (unpaired) electrons. The van der Waals surface area contributed by atoms with Crippen LogP contribution in [0.25, 0.3) is 0 Å². The minimum absolute atomic E-state index is 0.467. The van der Waals surface area contributed by atoms with Gasteiger partial charge in [-0.05, 0) is 41.8 Å². The molecule has 0 fully saturated rings. The molecule has 0 saturated heterocycles. The minimum atomic E-state index is -1.08. The molecule has 0 heterocycles. The van der Waals surface area contributed by atoms with Gasteiger partial charge in [0.1, 0.15) is 0 Å².